The maximum atomic E-state index is 13.9. The summed E-state index contributed by atoms with van der Waals surface area (Å²) in [7, 11) is 0. The summed E-state index contributed by atoms with van der Waals surface area (Å²) in [5.74, 6) is -1.02. The first kappa shape index (κ1) is 42.8. The van der Waals surface area contributed by atoms with Gasteiger partial charge in [-0.2, -0.15) is 0 Å². The van der Waals surface area contributed by atoms with Gasteiger partial charge in [0.15, 0.2) is 23.1 Å². The highest BCUT2D eigenvalue weighted by Crippen LogP contribution is 2.39. The summed E-state index contributed by atoms with van der Waals surface area (Å²) in [6.07, 6.45) is 0.971. The van der Waals surface area contributed by atoms with E-state index in [0.29, 0.717) is 16.7 Å². The van der Waals surface area contributed by atoms with E-state index < -0.39 is 23.2 Å². The molecule has 0 fully saturated rings. The van der Waals surface area contributed by atoms with Crippen LogP contribution in [0.1, 0.15) is 89.6 Å². The molecule has 58 heavy (non-hydrogen) atoms. The lowest BCUT2D eigenvalue weighted by Crippen LogP contribution is -2.49. The molecule has 0 heterocycles. The van der Waals surface area contributed by atoms with Crippen LogP contribution in [-0.2, 0) is 32.7 Å². The van der Waals surface area contributed by atoms with Crippen molar-refractivity contribution in [1.29, 1.82) is 0 Å². The third-order valence-corrected chi connectivity index (χ3v) is 9.28. The standard InChI is InChI=1S/C49H52N2O7/c1-7-29-56-46-40(47(55)58-48(4,5)6)28-27-36(45(46)57-33(2)3)31-42(52)35-25-23-34(24-26-35)30-43(53)41(50)32-44(54)51-49(37-17-11-8-12-18-37,38-19-13-9-14-20-38)39-21-15-10-16-22-39/h7-28,33,41H,1,29-32,50H2,2-6H3,(H,51,54)/t41-/m0/s1. The van der Waals surface area contributed by atoms with Crippen LogP contribution in [0.3, 0.4) is 0 Å². The summed E-state index contributed by atoms with van der Waals surface area (Å²) >= 11 is 0. The van der Waals surface area contributed by atoms with E-state index in [9.17, 15) is 19.2 Å². The number of carbonyl (C=O) groups excluding carboxylic acids is 4. The van der Waals surface area contributed by atoms with Crippen molar-refractivity contribution in [2.75, 3.05) is 6.61 Å². The zero-order valence-corrected chi connectivity index (χ0v) is 33.8. The molecule has 9 nitrogen and oxygen atoms in total. The molecule has 0 unspecified atom stereocenters. The molecule has 9 heteroatoms. The van der Waals surface area contributed by atoms with Crippen molar-refractivity contribution in [3.8, 4) is 11.5 Å². The number of nitrogens with two attached hydrogens (primary N) is 1. The second kappa shape index (κ2) is 19.2. The molecule has 0 spiro atoms. The highest BCUT2D eigenvalue weighted by molar-refractivity contribution is 5.99. The molecular formula is C49H52N2O7. The van der Waals surface area contributed by atoms with Crippen LogP contribution >= 0.6 is 0 Å². The fourth-order valence-electron chi connectivity index (χ4n) is 6.66. The molecule has 0 radical (unpaired) electrons. The topological polar surface area (TPSA) is 134 Å². The Labute approximate surface area is 341 Å². The molecule has 0 bridgehead atoms. The Balaban J connectivity index is 1.30. The van der Waals surface area contributed by atoms with Gasteiger partial charge >= 0.3 is 5.97 Å². The van der Waals surface area contributed by atoms with Crippen molar-refractivity contribution in [1.82, 2.24) is 5.32 Å². The zero-order valence-electron chi connectivity index (χ0n) is 33.8. The van der Waals surface area contributed by atoms with Gasteiger partial charge in [0.2, 0.25) is 5.91 Å². The molecule has 3 N–H and O–H groups in total. The molecule has 0 saturated heterocycles. The van der Waals surface area contributed by atoms with Gasteiger partial charge in [-0.3, -0.25) is 14.4 Å². The molecule has 0 aliphatic carbocycles. The number of ketones is 2. The van der Waals surface area contributed by atoms with E-state index in [4.69, 9.17) is 19.9 Å². The van der Waals surface area contributed by atoms with Gasteiger partial charge in [-0.15, -0.1) is 0 Å². The number of hydrogen-bond acceptors (Lipinski definition) is 8. The molecule has 0 aliphatic rings. The highest BCUT2D eigenvalue weighted by Gasteiger charge is 2.38. The minimum atomic E-state index is -1.07. The van der Waals surface area contributed by atoms with Crippen molar-refractivity contribution in [3.05, 3.63) is 179 Å². The summed E-state index contributed by atoms with van der Waals surface area (Å²) in [6.45, 7) is 12.8. The number of nitrogens with one attached hydrogen (secondary N) is 1. The van der Waals surface area contributed by atoms with Crippen molar-refractivity contribution < 1.29 is 33.4 Å². The van der Waals surface area contributed by atoms with E-state index in [0.717, 1.165) is 16.7 Å². The predicted molar refractivity (Wildman–Crippen MR) is 226 cm³/mol. The molecule has 0 aliphatic heterocycles. The number of hydrogen-bond donors (Lipinski definition) is 2. The number of carbonyl (C=O) groups is 4. The van der Waals surface area contributed by atoms with E-state index in [1.807, 2.05) is 105 Å². The van der Waals surface area contributed by atoms with Gasteiger partial charge in [0.1, 0.15) is 23.3 Å². The molecule has 300 valence electrons. The van der Waals surface area contributed by atoms with E-state index in [1.165, 1.54) is 0 Å². The molecule has 1 atom stereocenters. The van der Waals surface area contributed by atoms with Gasteiger partial charge in [-0.05, 0) is 62.9 Å². The fourth-order valence-corrected chi connectivity index (χ4v) is 6.66. The van der Waals surface area contributed by atoms with E-state index in [2.05, 4.69) is 11.9 Å². The lowest BCUT2D eigenvalue weighted by atomic mass is 9.77. The summed E-state index contributed by atoms with van der Waals surface area (Å²) in [6, 6.07) is 38.0. The average Bonchev–Trinajstić information content (AvgIpc) is 3.20. The van der Waals surface area contributed by atoms with Crippen LogP contribution in [0, 0.1) is 0 Å². The third kappa shape index (κ3) is 10.7. The van der Waals surface area contributed by atoms with E-state index in [-0.39, 0.29) is 66.5 Å². The van der Waals surface area contributed by atoms with Gasteiger partial charge in [-0.25, -0.2) is 4.79 Å². The first-order valence-corrected chi connectivity index (χ1v) is 19.4. The lowest BCUT2D eigenvalue weighted by Gasteiger charge is -2.37. The third-order valence-electron chi connectivity index (χ3n) is 9.28. The van der Waals surface area contributed by atoms with Crippen LogP contribution in [0.5, 0.6) is 11.5 Å². The van der Waals surface area contributed by atoms with Gasteiger partial charge in [0, 0.05) is 30.4 Å². The van der Waals surface area contributed by atoms with E-state index in [1.54, 1.807) is 63.2 Å². The second-order valence-electron chi connectivity index (χ2n) is 15.3. The van der Waals surface area contributed by atoms with Gasteiger partial charge in [0.25, 0.3) is 0 Å². The maximum absolute atomic E-state index is 13.9. The molecule has 5 aromatic rings. The summed E-state index contributed by atoms with van der Waals surface area (Å²) in [5, 5.41) is 3.26. The average molecular weight is 781 g/mol. The number of Topliss-reactive ketones (excluding diaryl/α,β-unsaturated/α-hetero) is 2. The zero-order chi connectivity index (χ0) is 41.9. The van der Waals surface area contributed by atoms with Crippen LogP contribution in [0.25, 0.3) is 0 Å². The van der Waals surface area contributed by atoms with Crippen LogP contribution in [-0.4, -0.2) is 47.8 Å². The maximum Gasteiger partial charge on any atom is 0.342 e. The summed E-state index contributed by atoms with van der Waals surface area (Å²) in [4.78, 5) is 54.1. The molecule has 5 aromatic carbocycles. The Bertz CT molecular complexity index is 2100. The van der Waals surface area contributed by atoms with Crippen LogP contribution in [0.2, 0.25) is 0 Å². The monoisotopic (exact) mass is 780 g/mol. The number of amides is 1. The molecule has 0 saturated carbocycles. The van der Waals surface area contributed by atoms with Gasteiger partial charge < -0.3 is 25.3 Å². The predicted octanol–water partition coefficient (Wildman–Crippen LogP) is 8.36. The van der Waals surface area contributed by atoms with Crippen molar-refractivity contribution in [2.45, 2.75) is 77.2 Å². The largest absolute Gasteiger partial charge is 0.487 e. The van der Waals surface area contributed by atoms with Gasteiger partial charge in [-0.1, -0.05) is 134 Å². The first-order chi connectivity index (χ1) is 27.7. The normalized spacial score (nSPS) is 12.0. The number of ether oxygens (including phenoxy) is 3. The second-order valence-corrected chi connectivity index (χ2v) is 15.3. The molecular weight excluding hydrogens is 729 g/mol. The number of esters is 1. The summed E-state index contributed by atoms with van der Waals surface area (Å²) in [5.41, 5.74) is 8.97. The lowest BCUT2D eigenvalue weighted by molar-refractivity contribution is -0.127. The fraction of sp³-hybridized carbons (Fsp3) is 0.265. The minimum absolute atomic E-state index is 0.0212. The quantitative estimate of drug-likeness (QED) is 0.0392. The molecule has 5 rings (SSSR count). The van der Waals surface area contributed by atoms with Gasteiger partial charge in [0.05, 0.1) is 12.1 Å². The Morgan fingerprint density at radius 1 is 0.724 bits per heavy atom. The van der Waals surface area contributed by atoms with Crippen molar-refractivity contribution in [3.63, 3.8) is 0 Å². The Hall–Kier alpha value is -6.32. The van der Waals surface area contributed by atoms with Crippen molar-refractivity contribution >= 4 is 23.4 Å². The Morgan fingerprint density at radius 2 is 1.26 bits per heavy atom. The number of benzene rings is 5. The van der Waals surface area contributed by atoms with Crippen LogP contribution in [0.15, 0.2) is 140 Å². The van der Waals surface area contributed by atoms with Crippen molar-refractivity contribution in [2.24, 2.45) is 5.73 Å². The highest BCUT2D eigenvalue weighted by atomic mass is 16.6. The Kier molecular flexibility index (Phi) is 14.2. The van der Waals surface area contributed by atoms with E-state index >= 15 is 0 Å². The Morgan fingerprint density at radius 3 is 1.74 bits per heavy atom. The number of rotatable bonds is 18. The van der Waals surface area contributed by atoms with Crippen LogP contribution in [0.4, 0.5) is 0 Å². The smallest absolute Gasteiger partial charge is 0.342 e. The minimum Gasteiger partial charge on any atom is -0.487 e. The molecule has 1 amide bonds. The van der Waals surface area contributed by atoms with Crippen LogP contribution < -0.4 is 20.5 Å². The summed E-state index contributed by atoms with van der Waals surface area (Å²) < 4.78 is 17.7. The molecule has 0 aromatic heterocycles. The first-order valence-electron chi connectivity index (χ1n) is 19.4. The SMILES string of the molecule is C=CCOc1c(C(=O)OC(C)(C)C)ccc(CC(=O)c2ccc(CC(=O)[C@@H](N)CC(=O)NC(c3ccccc3)(c3ccccc3)c3ccccc3)cc2)c1OC(C)C.